The van der Waals surface area contributed by atoms with Gasteiger partial charge in [0.25, 0.3) is 0 Å². The van der Waals surface area contributed by atoms with Crippen LogP contribution in [-0.2, 0) is 0 Å². The van der Waals surface area contributed by atoms with E-state index in [1.54, 1.807) is 6.20 Å². The van der Waals surface area contributed by atoms with Crippen LogP contribution in [0.4, 0.5) is 5.69 Å². The van der Waals surface area contributed by atoms with Crippen LogP contribution in [-0.4, -0.2) is 11.0 Å². The molecule has 17 heavy (non-hydrogen) atoms. The summed E-state index contributed by atoms with van der Waals surface area (Å²) in [4.78, 5) is 4.13. The van der Waals surface area contributed by atoms with Crippen molar-refractivity contribution in [3.05, 3.63) is 21.9 Å². The van der Waals surface area contributed by atoms with Gasteiger partial charge in [0.15, 0.2) is 5.15 Å². The van der Waals surface area contributed by atoms with Crippen LogP contribution in [0.15, 0.2) is 16.7 Å². The first-order valence-corrected chi connectivity index (χ1v) is 7.21. The zero-order chi connectivity index (χ0) is 12.5. The third kappa shape index (κ3) is 3.59. The largest absolute Gasteiger partial charge is 0.380 e. The van der Waals surface area contributed by atoms with E-state index in [1.165, 1.54) is 25.7 Å². The number of anilines is 1. The lowest BCUT2D eigenvalue weighted by atomic mass is 9.75. The number of aromatic nitrogens is 1. The van der Waals surface area contributed by atoms with Crippen LogP contribution in [0.5, 0.6) is 0 Å². The van der Waals surface area contributed by atoms with Crippen molar-refractivity contribution >= 4 is 33.2 Å². The van der Waals surface area contributed by atoms with E-state index in [1.807, 2.05) is 6.07 Å². The fraction of sp³-hybridized carbons (Fsp3) is 0.615. The highest BCUT2D eigenvalue weighted by Crippen LogP contribution is 2.36. The molecule has 0 aliphatic heterocycles. The molecule has 2 nitrogen and oxygen atoms in total. The van der Waals surface area contributed by atoms with Crippen molar-refractivity contribution in [3.8, 4) is 0 Å². The summed E-state index contributed by atoms with van der Waals surface area (Å²) in [7, 11) is 0. The van der Waals surface area contributed by atoms with Crippen molar-refractivity contribution in [1.82, 2.24) is 4.98 Å². The monoisotopic (exact) mass is 316 g/mol. The molecule has 0 aromatic carbocycles. The molecule has 1 aromatic heterocycles. The molecule has 4 heteroatoms. The maximum absolute atomic E-state index is 6.08. The minimum absolute atomic E-state index is 0.498. The minimum atomic E-state index is 0.498. The van der Waals surface area contributed by atoms with Gasteiger partial charge in [0.1, 0.15) is 0 Å². The Kier molecular flexibility index (Phi) is 3.99. The van der Waals surface area contributed by atoms with Crippen LogP contribution >= 0.6 is 27.5 Å². The summed E-state index contributed by atoms with van der Waals surface area (Å²) in [6.45, 7) is 4.69. The topological polar surface area (TPSA) is 24.9 Å². The second-order valence-corrected chi connectivity index (χ2v) is 6.85. The zero-order valence-corrected chi connectivity index (χ0v) is 12.6. The molecule has 1 fully saturated rings. The first-order valence-electron chi connectivity index (χ1n) is 6.04. The molecule has 0 spiro atoms. The summed E-state index contributed by atoms with van der Waals surface area (Å²) in [5, 5.41) is 4.06. The Labute approximate surface area is 116 Å². The quantitative estimate of drug-likeness (QED) is 0.786. The lowest BCUT2D eigenvalue weighted by molar-refractivity contribution is 0.232. The molecule has 0 radical (unpaired) electrons. The summed E-state index contributed by atoms with van der Waals surface area (Å²) >= 11 is 9.50. The molecule has 1 aliphatic rings. The van der Waals surface area contributed by atoms with Crippen LogP contribution < -0.4 is 5.32 Å². The highest BCUT2D eigenvalue weighted by atomic mass is 79.9. The van der Waals surface area contributed by atoms with Gasteiger partial charge in [0.05, 0.1) is 5.69 Å². The lowest BCUT2D eigenvalue weighted by Gasteiger charge is -2.35. The van der Waals surface area contributed by atoms with Crippen LogP contribution in [0.1, 0.15) is 39.5 Å². The van der Waals surface area contributed by atoms with E-state index in [4.69, 9.17) is 11.6 Å². The van der Waals surface area contributed by atoms with Gasteiger partial charge in [-0.15, -0.1) is 0 Å². The van der Waals surface area contributed by atoms with Crippen LogP contribution in [0.3, 0.4) is 0 Å². The first-order chi connectivity index (χ1) is 7.96. The molecule has 0 amide bonds. The van der Waals surface area contributed by atoms with Crippen LogP contribution in [0, 0.1) is 5.41 Å². The van der Waals surface area contributed by atoms with Gasteiger partial charge >= 0.3 is 0 Å². The van der Waals surface area contributed by atoms with Crippen LogP contribution in [0.25, 0.3) is 0 Å². The number of pyridine rings is 1. The van der Waals surface area contributed by atoms with E-state index in [0.717, 1.165) is 10.2 Å². The lowest BCUT2D eigenvalue weighted by Crippen LogP contribution is -2.30. The molecule has 1 heterocycles. The summed E-state index contributed by atoms with van der Waals surface area (Å²) in [6.07, 6.45) is 6.66. The molecule has 0 saturated heterocycles. The number of hydrogen-bond acceptors (Lipinski definition) is 2. The van der Waals surface area contributed by atoms with Crippen molar-refractivity contribution < 1.29 is 0 Å². The molecule has 0 unspecified atom stereocenters. The van der Waals surface area contributed by atoms with Crippen molar-refractivity contribution in [2.75, 3.05) is 5.32 Å². The van der Waals surface area contributed by atoms with Crippen molar-refractivity contribution in [1.29, 1.82) is 0 Å². The van der Waals surface area contributed by atoms with Gasteiger partial charge in [-0.3, -0.25) is 0 Å². The Hall–Kier alpha value is -0.280. The fourth-order valence-electron chi connectivity index (χ4n) is 2.29. The van der Waals surface area contributed by atoms with Gasteiger partial charge in [0, 0.05) is 16.7 Å². The molecule has 1 aromatic rings. The van der Waals surface area contributed by atoms with Crippen molar-refractivity contribution in [2.45, 2.75) is 45.6 Å². The van der Waals surface area contributed by atoms with Gasteiger partial charge in [-0.2, -0.15) is 0 Å². The molecule has 1 saturated carbocycles. The summed E-state index contributed by atoms with van der Waals surface area (Å²) in [5.41, 5.74) is 1.43. The number of hydrogen-bond donors (Lipinski definition) is 1. The average molecular weight is 318 g/mol. The van der Waals surface area contributed by atoms with Gasteiger partial charge in [-0.05, 0) is 53.1 Å². The summed E-state index contributed by atoms with van der Waals surface area (Å²) < 4.78 is 0.959. The molecule has 0 bridgehead atoms. The third-order valence-electron chi connectivity index (χ3n) is 3.50. The highest BCUT2D eigenvalue weighted by Gasteiger charge is 2.26. The second kappa shape index (κ2) is 5.15. The molecular weight excluding hydrogens is 300 g/mol. The van der Waals surface area contributed by atoms with Gasteiger partial charge < -0.3 is 5.32 Å². The zero-order valence-electron chi connectivity index (χ0n) is 10.3. The van der Waals surface area contributed by atoms with E-state index in [9.17, 15) is 0 Å². The number of nitrogens with zero attached hydrogens (tertiary/aromatic N) is 1. The molecule has 2 rings (SSSR count). The molecule has 0 atom stereocenters. The Morgan fingerprint density at radius 2 is 2.06 bits per heavy atom. The Morgan fingerprint density at radius 1 is 1.41 bits per heavy atom. The second-order valence-electron chi connectivity index (χ2n) is 5.57. The third-order valence-corrected chi connectivity index (χ3v) is 4.24. The SMILES string of the molecule is CC1(C)CCC(Nc2cc(Br)cnc2Cl)CC1. The fourth-order valence-corrected chi connectivity index (χ4v) is 2.78. The van der Waals surface area contributed by atoms with E-state index >= 15 is 0 Å². The smallest absolute Gasteiger partial charge is 0.152 e. The predicted molar refractivity (Wildman–Crippen MR) is 76.6 cm³/mol. The predicted octanol–water partition coefficient (Wildman–Crippen LogP) is 4.88. The molecule has 1 aliphatic carbocycles. The van der Waals surface area contributed by atoms with E-state index in [2.05, 4.69) is 40.1 Å². The summed E-state index contributed by atoms with van der Waals surface area (Å²) in [6, 6.07) is 2.52. The van der Waals surface area contributed by atoms with Crippen molar-refractivity contribution in [2.24, 2.45) is 5.41 Å². The number of halogens is 2. The number of nitrogens with one attached hydrogen (secondary N) is 1. The maximum Gasteiger partial charge on any atom is 0.152 e. The Bertz CT molecular complexity index is 396. The standard InChI is InChI=1S/C13H18BrClN2/c1-13(2)5-3-10(4-6-13)17-11-7-9(14)8-16-12(11)15/h7-8,10,17H,3-6H2,1-2H3. The average Bonchev–Trinajstić information content (AvgIpc) is 2.26. The summed E-state index contributed by atoms with van der Waals surface area (Å²) in [5.74, 6) is 0. The molecule has 1 N–H and O–H groups in total. The minimum Gasteiger partial charge on any atom is -0.380 e. The highest BCUT2D eigenvalue weighted by molar-refractivity contribution is 9.10. The van der Waals surface area contributed by atoms with Gasteiger partial charge in [0.2, 0.25) is 0 Å². The Balaban J connectivity index is 2.00. The molecule has 94 valence electrons. The first kappa shape index (κ1) is 13.2. The van der Waals surface area contributed by atoms with Crippen LogP contribution in [0.2, 0.25) is 5.15 Å². The van der Waals surface area contributed by atoms with E-state index in [-0.39, 0.29) is 0 Å². The maximum atomic E-state index is 6.08. The normalized spacial score (nSPS) is 20.2. The molecular formula is C13H18BrClN2. The van der Waals surface area contributed by atoms with E-state index < -0.39 is 0 Å². The van der Waals surface area contributed by atoms with Gasteiger partial charge in [-0.1, -0.05) is 25.4 Å². The van der Waals surface area contributed by atoms with Gasteiger partial charge in [-0.25, -0.2) is 4.98 Å². The number of rotatable bonds is 2. The van der Waals surface area contributed by atoms with E-state index in [0.29, 0.717) is 16.6 Å². The Morgan fingerprint density at radius 3 is 2.71 bits per heavy atom. The van der Waals surface area contributed by atoms with Crippen molar-refractivity contribution in [3.63, 3.8) is 0 Å².